The van der Waals surface area contributed by atoms with E-state index < -0.39 is 65.6 Å². The van der Waals surface area contributed by atoms with Crippen molar-refractivity contribution in [1.82, 2.24) is 4.57 Å². The standard InChI is InChI=1S/C26H21F6NO5.C15H11BrClF3N2O/c1-24(2)18(11-12-20(34)38-23(25(27,28)29)26(30,31)32)21(24)22(35)37-19(14-33)15-7-6-10-17(13-15)36-16-8-4-3-5-9-16;1-2-23-8-22-13(9-3-5-10(17)6-4-9)11(7-21)12(16)14(22)15(18,19)20/h3-13,18-19,21,23H,1-2H3;3-6H,2,8H2,1H3/b12-11-;. The summed E-state index contributed by atoms with van der Waals surface area (Å²) in [6.45, 7) is 4.78. The zero-order chi connectivity index (χ0) is 45.5. The first-order chi connectivity index (χ1) is 28.4. The third-order valence-electron chi connectivity index (χ3n) is 9.05. The second kappa shape index (κ2) is 19.5. The maximum Gasteiger partial charge on any atom is 0.434 e. The molecule has 5 rings (SSSR count). The topological polar surface area (TPSA) is 124 Å². The van der Waals surface area contributed by atoms with Crippen molar-refractivity contribution >= 4 is 39.5 Å². The highest BCUT2D eigenvalue weighted by Gasteiger charge is 2.62. The van der Waals surface area contributed by atoms with Gasteiger partial charge in [-0.1, -0.05) is 74.0 Å². The molecule has 3 atom stereocenters. The van der Waals surface area contributed by atoms with E-state index in [2.05, 4.69) is 20.7 Å². The first kappa shape index (κ1) is 48.2. The Balaban J connectivity index is 0.000000303. The van der Waals surface area contributed by atoms with Crippen LogP contribution in [0, 0.1) is 39.9 Å². The third-order valence-corrected chi connectivity index (χ3v) is 10.1. The highest BCUT2D eigenvalue weighted by atomic mass is 79.9. The fourth-order valence-corrected chi connectivity index (χ4v) is 6.90. The maximum absolute atomic E-state index is 13.4. The van der Waals surface area contributed by atoms with Crippen LogP contribution in [0.2, 0.25) is 5.02 Å². The number of carbonyl (C=O) groups is 2. The molecule has 0 radical (unpaired) electrons. The van der Waals surface area contributed by atoms with Crippen molar-refractivity contribution < 1.29 is 68.1 Å². The molecule has 0 N–H and O–H groups in total. The zero-order valence-corrected chi connectivity index (χ0v) is 34.2. The Bertz CT molecular complexity index is 2290. The van der Waals surface area contributed by atoms with E-state index >= 15 is 0 Å². The summed E-state index contributed by atoms with van der Waals surface area (Å²) in [5.41, 5.74) is -1.00. The number of rotatable bonds is 12. The second-order valence-corrected chi connectivity index (χ2v) is 14.8. The summed E-state index contributed by atoms with van der Waals surface area (Å²) >= 11 is 8.73. The largest absolute Gasteiger partial charge is 0.457 e. The molecule has 3 unspecified atom stereocenters. The van der Waals surface area contributed by atoms with Crippen LogP contribution in [0.25, 0.3) is 11.3 Å². The molecular formula is C41H32BrClF9N3O6. The van der Waals surface area contributed by atoms with Gasteiger partial charge in [0.25, 0.3) is 6.10 Å². The molecule has 0 amide bonds. The Labute approximate surface area is 355 Å². The molecule has 0 saturated heterocycles. The van der Waals surface area contributed by atoms with Gasteiger partial charge >= 0.3 is 30.5 Å². The van der Waals surface area contributed by atoms with Crippen molar-refractivity contribution in [2.75, 3.05) is 6.61 Å². The summed E-state index contributed by atoms with van der Waals surface area (Å²) in [5.74, 6) is -3.45. The van der Waals surface area contributed by atoms with Gasteiger partial charge in [-0.05, 0) is 76.1 Å². The molecule has 0 spiro atoms. The monoisotopic (exact) mass is 947 g/mol. The van der Waals surface area contributed by atoms with E-state index in [1.807, 2.05) is 12.1 Å². The number of benzene rings is 3. The van der Waals surface area contributed by atoms with Crippen LogP contribution in [-0.4, -0.2) is 41.6 Å². The number of allylic oxidation sites excluding steroid dienone is 1. The van der Waals surface area contributed by atoms with E-state index in [4.69, 9.17) is 25.8 Å². The lowest BCUT2D eigenvalue weighted by atomic mass is 10.1. The predicted octanol–water partition coefficient (Wildman–Crippen LogP) is 11.9. The smallest absolute Gasteiger partial charge is 0.434 e. The summed E-state index contributed by atoms with van der Waals surface area (Å²) < 4.78 is 136. The fraction of sp³-hybridized carbons (Fsp3) is 0.317. The molecule has 1 heterocycles. The van der Waals surface area contributed by atoms with Crippen molar-refractivity contribution in [2.45, 2.75) is 58.2 Å². The Hall–Kier alpha value is -5.50. The second-order valence-electron chi connectivity index (χ2n) is 13.6. The molecule has 1 aliphatic carbocycles. The zero-order valence-electron chi connectivity index (χ0n) is 31.8. The molecule has 1 aliphatic rings. The molecule has 3 aromatic carbocycles. The number of ether oxygens (including phenoxy) is 4. The summed E-state index contributed by atoms with van der Waals surface area (Å²) in [4.78, 5) is 24.4. The van der Waals surface area contributed by atoms with Gasteiger partial charge in [-0.2, -0.15) is 50.0 Å². The van der Waals surface area contributed by atoms with Crippen LogP contribution in [0.5, 0.6) is 11.5 Å². The van der Waals surface area contributed by atoms with Gasteiger partial charge in [0.1, 0.15) is 36.1 Å². The van der Waals surface area contributed by atoms with Crippen molar-refractivity contribution in [3.8, 4) is 34.9 Å². The molecule has 1 fully saturated rings. The van der Waals surface area contributed by atoms with E-state index in [9.17, 15) is 59.6 Å². The molecule has 61 heavy (non-hydrogen) atoms. The molecule has 0 bridgehead atoms. The van der Waals surface area contributed by atoms with Gasteiger partial charge in [0.2, 0.25) is 6.10 Å². The van der Waals surface area contributed by atoms with Crippen molar-refractivity contribution in [2.24, 2.45) is 17.3 Å². The number of aromatic nitrogens is 1. The summed E-state index contributed by atoms with van der Waals surface area (Å²) in [7, 11) is 0. The number of nitrogens with zero attached hydrogens (tertiary/aromatic N) is 3. The summed E-state index contributed by atoms with van der Waals surface area (Å²) in [6, 6.07) is 25.0. The van der Waals surface area contributed by atoms with Gasteiger partial charge in [-0.15, -0.1) is 0 Å². The van der Waals surface area contributed by atoms with E-state index in [1.165, 1.54) is 6.07 Å². The lowest BCUT2D eigenvalue weighted by Gasteiger charge is -2.22. The van der Waals surface area contributed by atoms with Crippen LogP contribution in [0.1, 0.15) is 43.7 Å². The SMILES string of the molecule is CC1(C)C(/C=C\C(=O)OC(C(F)(F)F)C(F)(F)F)C1C(=O)OC(C#N)c1cccc(Oc2ccccc2)c1.CCOCn1c(-c2ccc(Cl)cc2)c(C#N)c(Br)c1C(F)(F)F. The number of para-hydroxylation sites is 1. The number of hydrogen-bond donors (Lipinski definition) is 0. The quantitative estimate of drug-likeness (QED) is 0.0781. The molecule has 324 valence electrons. The molecule has 0 aliphatic heterocycles. The fourth-order valence-electron chi connectivity index (χ4n) is 6.05. The van der Waals surface area contributed by atoms with Crippen LogP contribution in [0.15, 0.2) is 95.5 Å². The van der Waals surface area contributed by atoms with E-state index in [1.54, 1.807) is 93.6 Å². The Morgan fingerprint density at radius 2 is 1.51 bits per heavy atom. The number of esters is 2. The predicted molar refractivity (Wildman–Crippen MR) is 203 cm³/mol. The Morgan fingerprint density at radius 1 is 0.902 bits per heavy atom. The van der Waals surface area contributed by atoms with E-state index in [0.29, 0.717) is 33.7 Å². The van der Waals surface area contributed by atoms with Gasteiger partial charge in [-0.3, -0.25) is 4.79 Å². The van der Waals surface area contributed by atoms with Crippen molar-refractivity contribution in [3.63, 3.8) is 0 Å². The highest BCUT2D eigenvalue weighted by Crippen LogP contribution is 2.60. The van der Waals surface area contributed by atoms with Gasteiger partial charge in [0.05, 0.1) is 21.6 Å². The van der Waals surface area contributed by atoms with Crippen molar-refractivity contribution in [3.05, 3.63) is 117 Å². The average Bonchev–Trinajstić information content (AvgIpc) is 3.60. The van der Waals surface area contributed by atoms with Gasteiger partial charge < -0.3 is 23.5 Å². The molecule has 20 heteroatoms. The number of alkyl halides is 9. The van der Waals surface area contributed by atoms with Gasteiger partial charge in [0.15, 0.2) is 0 Å². The average molecular weight is 949 g/mol. The van der Waals surface area contributed by atoms with E-state index in [0.717, 1.165) is 10.6 Å². The first-order valence-electron chi connectivity index (χ1n) is 17.6. The molecule has 4 aromatic rings. The minimum absolute atomic E-state index is 0.0978. The Kier molecular flexibility index (Phi) is 15.4. The lowest BCUT2D eigenvalue weighted by Crippen LogP contribution is -2.45. The number of nitriles is 2. The van der Waals surface area contributed by atoms with Crippen LogP contribution >= 0.6 is 27.5 Å². The summed E-state index contributed by atoms with van der Waals surface area (Å²) in [6.07, 6.45) is -20.5. The number of hydrogen-bond acceptors (Lipinski definition) is 8. The van der Waals surface area contributed by atoms with Crippen LogP contribution in [-0.2, 0) is 36.7 Å². The normalized spacial score (nSPS) is 16.5. The highest BCUT2D eigenvalue weighted by molar-refractivity contribution is 9.10. The summed E-state index contributed by atoms with van der Waals surface area (Å²) in [5, 5.41) is 19.3. The Morgan fingerprint density at radius 3 is 2.05 bits per heavy atom. The minimum Gasteiger partial charge on any atom is -0.457 e. The lowest BCUT2D eigenvalue weighted by molar-refractivity contribution is -0.312. The third kappa shape index (κ3) is 12.1. The van der Waals surface area contributed by atoms with Crippen LogP contribution in [0.4, 0.5) is 39.5 Å². The molecular weight excluding hydrogens is 917 g/mol. The maximum atomic E-state index is 13.4. The molecule has 1 aromatic heterocycles. The van der Waals surface area contributed by atoms with E-state index in [-0.39, 0.29) is 29.1 Å². The van der Waals surface area contributed by atoms with Crippen LogP contribution < -0.4 is 4.74 Å². The van der Waals surface area contributed by atoms with Crippen LogP contribution in [0.3, 0.4) is 0 Å². The minimum atomic E-state index is -5.84. The number of carbonyl (C=O) groups excluding carboxylic acids is 2. The van der Waals surface area contributed by atoms with Gasteiger partial charge in [0, 0.05) is 23.3 Å². The van der Waals surface area contributed by atoms with Crippen molar-refractivity contribution in [1.29, 1.82) is 10.5 Å². The first-order valence-corrected chi connectivity index (χ1v) is 18.8. The van der Waals surface area contributed by atoms with Gasteiger partial charge in [-0.25, -0.2) is 4.79 Å². The number of halogens is 11. The molecule has 1 saturated carbocycles. The molecule has 9 nitrogen and oxygen atoms in total.